The van der Waals surface area contributed by atoms with Crippen LogP contribution in [0.1, 0.15) is 6.92 Å². The first-order valence-corrected chi connectivity index (χ1v) is 7.34. The molecule has 1 heterocycles. The van der Waals surface area contributed by atoms with Crippen molar-refractivity contribution in [2.75, 3.05) is 25.5 Å². The molecule has 108 valence electrons. The zero-order valence-electron chi connectivity index (χ0n) is 11.2. The average molecular weight is 295 g/mol. The van der Waals surface area contributed by atoms with Gasteiger partial charge in [-0.1, -0.05) is 11.8 Å². The van der Waals surface area contributed by atoms with Crippen molar-refractivity contribution in [3.8, 4) is 5.75 Å². The minimum absolute atomic E-state index is 0.0543. The molecule has 0 radical (unpaired) electrons. The summed E-state index contributed by atoms with van der Waals surface area (Å²) in [6.45, 7) is 2.77. The van der Waals surface area contributed by atoms with Gasteiger partial charge in [0.05, 0.1) is 30.0 Å². The Kier molecular flexibility index (Phi) is 5.25. The monoisotopic (exact) mass is 295 g/mol. The van der Waals surface area contributed by atoms with Crippen molar-refractivity contribution < 1.29 is 14.6 Å². The molecule has 0 aliphatic carbocycles. The van der Waals surface area contributed by atoms with E-state index in [1.165, 1.54) is 11.8 Å². The number of thioether (sulfide) groups is 1. The molecule has 0 aliphatic heterocycles. The van der Waals surface area contributed by atoms with Gasteiger partial charge in [-0.3, -0.25) is 4.79 Å². The Labute approximate surface area is 120 Å². The molecule has 0 atom stereocenters. The van der Waals surface area contributed by atoms with Crippen molar-refractivity contribution in [3.05, 3.63) is 18.2 Å². The maximum atomic E-state index is 11.4. The van der Waals surface area contributed by atoms with E-state index < -0.39 is 0 Å². The maximum absolute atomic E-state index is 11.4. The molecule has 1 amide bonds. The highest BCUT2D eigenvalue weighted by Crippen LogP contribution is 2.23. The molecule has 0 unspecified atom stereocenters. The molecule has 2 rings (SSSR count). The van der Waals surface area contributed by atoms with Crippen LogP contribution in [0, 0.1) is 0 Å². The Morgan fingerprint density at radius 3 is 3.15 bits per heavy atom. The van der Waals surface area contributed by atoms with E-state index in [0.29, 0.717) is 11.8 Å². The van der Waals surface area contributed by atoms with Gasteiger partial charge in [0.25, 0.3) is 0 Å². The Morgan fingerprint density at radius 1 is 1.55 bits per heavy atom. The topological polar surface area (TPSA) is 87.2 Å². The SMILES string of the molecule is CCOc1ccc2nc(SCC(=O)NCCO)[nH]c2c1. The van der Waals surface area contributed by atoms with Crippen molar-refractivity contribution >= 4 is 28.7 Å². The molecule has 20 heavy (non-hydrogen) atoms. The lowest BCUT2D eigenvalue weighted by Gasteiger charge is -2.01. The Bertz CT molecular complexity index is 585. The molecular formula is C13H17N3O3S. The average Bonchev–Trinajstić information content (AvgIpc) is 2.85. The molecule has 1 aromatic carbocycles. The summed E-state index contributed by atoms with van der Waals surface area (Å²) in [5.41, 5.74) is 1.72. The van der Waals surface area contributed by atoms with E-state index in [2.05, 4.69) is 15.3 Å². The molecular weight excluding hydrogens is 278 g/mol. The molecule has 0 saturated heterocycles. The van der Waals surface area contributed by atoms with E-state index in [-0.39, 0.29) is 24.8 Å². The summed E-state index contributed by atoms with van der Waals surface area (Å²) in [7, 11) is 0. The van der Waals surface area contributed by atoms with Crippen molar-refractivity contribution in [1.29, 1.82) is 0 Å². The fourth-order valence-corrected chi connectivity index (χ4v) is 2.39. The third-order valence-corrected chi connectivity index (χ3v) is 3.39. The van der Waals surface area contributed by atoms with Crippen LogP contribution in [0.3, 0.4) is 0 Å². The Hall–Kier alpha value is -1.73. The molecule has 0 fully saturated rings. The number of carbonyl (C=O) groups excluding carboxylic acids is 1. The Morgan fingerprint density at radius 2 is 2.40 bits per heavy atom. The molecule has 0 aliphatic rings. The summed E-state index contributed by atoms with van der Waals surface area (Å²) >= 11 is 1.32. The van der Waals surface area contributed by atoms with E-state index in [1.807, 2.05) is 25.1 Å². The number of benzene rings is 1. The predicted molar refractivity (Wildman–Crippen MR) is 78.1 cm³/mol. The standard InChI is InChI=1S/C13H17N3O3S/c1-2-19-9-3-4-10-11(7-9)16-13(15-10)20-8-12(18)14-5-6-17/h3-4,7,17H,2,5-6,8H2,1H3,(H,14,18)(H,15,16). The van der Waals surface area contributed by atoms with Gasteiger partial charge in [0.2, 0.25) is 5.91 Å². The first kappa shape index (κ1) is 14.7. The van der Waals surface area contributed by atoms with Crippen molar-refractivity contribution in [3.63, 3.8) is 0 Å². The van der Waals surface area contributed by atoms with Gasteiger partial charge in [0, 0.05) is 12.6 Å². The van der Waals surface area contributed by atoms with E-state index in [1.54, 1.807) is 0 Å². The number of aromatic amines is 1. The third kappa shape index (κ3) is 3.88. The number of amides is 1. The first-order valence-electron chi connectivity index (χ1n) is 6.36. The van der Waals surface area contributed by atoms with E-state index in [0.717, 1.165) is 16.8 Å². The van der Waals surface area contributed by atoms with Crippen LogP contribution in [0.25, 0.3) is 11.0 Å². The molecule has 0 bridgehead atoms. The number of H-pyrrole nitrogens is 1. The van der Waals surface area contributed by atoms with Crippen LogP contribution in [0.15, 0.2) is 23.4 Å². The van der Waals surface area contributed by atoms with Crippen LogP contribution in [-0.2, 0) is 4.79 Å². The summed E-state index contributed by atoms with van der Waals surface area (Å²) in [6, 6.07) is 5.64. The largest absolute Gasteiger partial charge is 0.494 e. The highest BCUT2D eigenvalue weighted by Gasteiger charge is 2.07. The zero-order valence-corrected chi connectivity index (χ0v) is 12.0. The number of aliphatic hydroxyl groups excluding tert-OH is 1. The number of hydrogen-bond donors (Lipinski definition) is 3. The molecule has 1 aromatic heterocycles. The van der Waals surface area contributed by atoms with E-state index in [9.17, 15) is 4.79 Å². The number of ether oxygens (including phenoxy) is 1. The fraction of sp³-hybridized carbons (Fsp3) is 0.385. The second-order valence-corrected chi connectivity index (χ2v) is 4.98. The normalized spacial score (nSPS) is 10.7. The molecule has 0 spiro atoms. The highest BCUT2D eigenvalue weighted by atomic mass is 32.2. The number of nitrogens with one attached hydrogen (secondary N) is 2. The van der Waals surface area contributed by atoms with Crippen LogP contribution in [0.4, 0.5) is 0 Å². The second kappa shape index (κ2) is 7.16. The van der Waals surface area contributed by atoms with E-state index in [4.69, 9.17) is 9.84 Å². The van der Waals surface area contributed by atoms with Gasteiger partial charge in [-0.15, -0.1) is 0 Å². The van der Waals surface area contributed by atoms with Crippen LogP contribution in [-0.4, -0.2) is 46.5 Å². The van der Waals surface area contributed by atoms with Gasteiger partial charge in [-0.25, -0.2) is 4.98 Å². The number of rotatable bonds is 7. The van der Waals surface area contributed by atoms with E-state index >= 15 is 0 Å². The molecule has 3 N–H and O–H groups in total. The quantitative estimate of drug-likeness (QED) is 0.667. The third-order valence-electron chi connectivity index (χ3n) is 2.52. The summed E-state index contributed by atoms with van der Waals surface area (Å²) < 4.78 is 5.42. The summed E-state index contributed by atoms with van der Waals surface area (Å²) in [5, 5.41) is 11.9. The number of imidazole rings is 1. The van der Waals surface area contributed by atoms with Crippen LogP contribution in [0.5, 0.6) is 5.75 Å². The van der Waals surface area contributed by atoms with Crippen molar-refractivity contribution in [2.45, 2.75) is 12.1 Å². The van der Waals surface area contributed by atoms with Gasteiger partial charge in [0.15, 0.2) is 5.16 Å². The Balaban J connectivity index is 1.99. The van der Waals surface area contributed by atoms with Gasteiger partial charge in [0.1, 0.15) is 5.75 Å². The highest BCUT2D eigenvalue weighted by molar-refractivity contribution is 7.99. The predicted octanol–water partition coefficient (Wildman–Crippen LogP) is 1.16. The summed E-state index contributed by atoms with van der Waals surface area (Å²) in [6.07, 6.45) is 0. The van der Waals surface area contributed by atoms with Crippen LogP contribution >= 0.6 is 11.8 Å². The van der Waals surface area contributed by atoms with Crippen molar-refractivity contribution in [2.24, 2.45) is 0 Å². The van der Waals surface area contributed by atoms with Gasteiger partial charge in [-0.05, 0) is 19.1 Å². The number of hydrogen-bond acceptors (Lipinski definition) is 5. The maximum Gasteiger partial charge on any atom is 0.230 e. The first-order chi connectivity index (χ1) is 9.72. The lowest BCUT2D eigenvalue weighted by molar-refractivity contribution is -0.118. The fourth-order valence-electron chi connectivity index (χ4n) is 1.67. The van der Waals surface area contributed by atoms with Gasteiger partial charge >= 0.3 is 0 Å². The molecule has 6 nitrogen and oxygen atoms in total. The van der Waals surface area contributed by atoms with Crippen LogP contribution in [0.2, 0.25) is 0 Å². The van der Waals surface area contributed by atoms with Gasteiger partial charge in [-0.2, -0.15) is 0 Å². The lowest BCUT2D eigenvalue weighted by Crippen LogP contribution is -2.27. The van der Waals surface area contributed by atoms with Crippen LogP contribution < -0.4 is 10.1 Å². The number of fused-ring (bicyclic) bond motifs is 1. The number of carbonyl (C=O) groups is 1. The number of aromatic nitrogens is 2. The van der Waals surface area contributed by atoms with Gasteiger partial charge < -0.3 is 20.1 Å². The summed E-state index contributed by atoms with van der Waals surface area (Å²) in [5.74, 6) is 0.929. The number of nitrogens with zero attached hydrogens (tertiary/aromatic N) is 1. The molecule has 2 aromatic rings. The van der Waals surface area contributed by atoms with Crippen molar-refractivity contribution in [1.82, 2.24) is 15.3 Å². The smallest absolute Gasteiger partial charge is 0.230 e. The number of aliphatic hydroxyl groups is 1. The summed E-state index contributed by atoms with van der Waals surface area (Å²) in [4.78, 5) is 19.0. The molecule has 7 heteroatoms. The molecule has 0 saturated carbocycles. The minimum atomic E-state index is -0.125. The zero-order chi connectivity index (χ0) is 14.4. The second-order valence-electron chi connectivity index (χ2n) is 4.02. The minimum Gasteiger partial charge on any atom is -0.494 e. The lowest BCUT2D eigenvalue weighted by atomic mass is 10.3.